The van der Waals surface area contributed by atoms with Gasteiger partial charge in [0, 0.05) is 0 Å². The van der Waals surface area contributed by atoms with Crippen molar-refractivity contribution in [3.63, 3.8) is 0 Å². The summed E-state index contributed by atoms with van der Waals surface area (Å²) in [6, 6.07) is 0.928. The Kier molecular flexibility index (Phi) is 3.22. The van der Waals surface area contributed by atoms with E-state index in [-0.39, 0.29) is 0 Å². The molecule has 1 aliphatic rings. The molecule has 1 heterocycles. The van der Waals surface area contributed by atoms with Crippen molar-refractivity contribution in [1.82, 2.24) is 0 Å². The molecule has 1 rings (SSSR count). The van der Waals surface area contributed by atoms with Crippen molar-refractivity contribution < 1.29 is 9.20 Å². The van der Waals surface area contributed by atoms with Gasteiger partial charge in [-0.1, -0.05) is 6.42 Å². The van der Waals surface area contributed by atoms with Crippen LogP contribution in [0.15, 0.2) is 0 Å². The topological polar surface area (TPSA) is 29.6 Å². The maximum absolute atomic E-state index is 10.7. The molecule has 0 aliphatic carbocycles. The minimum atomic E-state index is -1.20. The molecule has 0 spiro atoms. The van der Waals surface area contributed by atoms with Crippen LogP contribution in [0.1, 0.15) is 19.3 Å². The predicted octanol–water partition coefficient (Wildman–Crippen LogP) is 1.61. The Morgan fingerprint density at radius 1 is 1.60 bits per heavy atom. The second-order valence-electron chi connectivity index (χ2n) is 2.90. The average Bonchev–Trinajstić information content (AvgIpc) is 2.62. The van der Waals surface area contributed by atoms with Crippen LogP contribution in [-0.4, -0.2) is 21.4 Å². The van der Waals surface area contributed by atoms with E-state index >= 15 is 0 Å². The van der Waals surface area contributed by atoms with E-state index in [0.717, 1.165) is 19.1 Å². The molecular formula is C7H14O2Si. The summed E-state index contributed by atoms with van der Waals surface area (Å²) in [5.41, 5.74) is 0. The summed E-state index contributed by atoms with van der Waals surface area (Å²) >= 11 is 0. The van der Waals surface area contributed by atoms with Crippen LogP contribution in [0.5, 0.6) is 0 Å². The fraction of sp³-hybridized carbons (Fsp3) is 1.00. The van der Waals surface area contributed by atoms with E-state index in [0.29, 0.717) is 6.10 Å². The lowest BCUT2D eigenvalue weighted by molar-refractivity contribution is 0.390. The summed E-state index contributed by atoms with van der Waals surface area (Å²) in [6.07, 6.45) is 4.04. The van der Waals surface area contributed by atoms with Crippen LogP contribution in [0.2, 0.25) is 12.6 Å². The second-order valence-corrected chi connectivity index (χ2v) is 4.81. The second kappa shape index (κ2) is 3.98. The van der Waals surface area contributed by atoms with Crippen LogP contribution in [0.4, 0.5) is 0 Å². The minimum Gasteiger partial charge on any atom is -0.389 e. The van der Waals surface area contributed by atoms with Crippen LogP contribution in [0.25, 0.3) is 0 Å². The standard InChI is InChI=1S/C7H14O2Si/c1-10(8)5-3-2-4-7-6-9-7/h7H,2-6H2,1H3. The molecule has 0 radical (unpaired) electrons. The number of rotatable bonds is 5. The fourth-order valence-corrected chi connectivity index (χ4v) is 1.73. The SMILES string of the molecule is C[Si](=O)CCCCC1CO1. The Labute approximate surface area is 63.2 Å². The average molecular weight is 158 g/mol. The number of hydrogen-bond acceptors (Lipinski definition) is 2. The zero-order valence-electron chi connectivity index (χ0n) is 6.43. The molecule has 1 saturated heterocycles. The molecule has 1 unspecified atom stereocenters. The van der Waals surface area contributed by atoms with Crippen molar-refractivity contribution in [3.8, 4) is 0 Å². The van der Waals surface area contributed by atoms with Gasteiger partial charge in [-0.2, -0.15) is 0 Å². The molecule has 2 nitrogen and oxygen atoms in total. The Morgan fingerprint density at radius 3 is 2.80 bits per heavy atom. The van der Waals surface area contributed by atoms with Crippen LogP contribution >= 0.6 is 0 Å². The molecule has 0 amide bonds. The van der Waals surface area contributed by atoms with Crippen LogP contribution < -0.4 is 0 Å². The van der Waals surface area contributed by atoms with Gasteiger partial charge >= 0.3 is 0 Å². The van der Waals surface area contributed by atoms with Crippen molar-refractivity contribution in [1.29, 1.82) is 0 Å². The van der Waals surface area contributed by atoms with Gasteiger partial charge in [-0.05, 0) is 25.4 Å². The predicted molar refractivity (Wildman–Crippen MR) is 40.7 cm³/mol. The van der Waals surface area contributed by atoms with Gasteiger partial charge < -0.3 is 9.20 Å². The molecular weight excluding hydrogens is 144 g/mol. The highest BCUT2D eigenvalue weighted by Gasteiger charge is 2.20. The molecule has 1 atom stereocenters. The summed E-state index contributed by atoms with van der Waals surface area (Å²) in [5.74, 6) is 0. The Bertz CT molecular complexity index is 121. The third-order valence-electron chi connectivity index (χ3n) is 1.71. The van der Waals surface area contributed by atoms with E-state index in [1.165, 1.54) is 12.8 Å². The maximum atomic E-state index is 10.7. The van der Waals surface area contributed by atoms with Crippen molar-refractivity contribution in [2.24, 2.45) is 0 Å². The van der Waals surface area contributed by atoms with Gasteiger partial charge in [-0.25, -0.2) is 0 Å². The van der Waals surface area contributed by atoms with Gasteiger partial charge in [0.1, 0.15) is 0 Å². The zero-order valence-corrected chi connectivity index (χ0v) is 7.43. The van der Waals surface area contributed by atoms with Crippen molar-refractivity contribution in [2.45, 2.75) is 38.0 Å². The first-order valence-corrected chi connectivity index (χ1v) is 6.01. The summed E-state index contributed by atoms with van der Waals surface area (Å²) in [5, 5.41) is 0. The van der Waals surface area contributed by atoms with Gasteiger partial charge in [0.05, 0.1) is 12.7 Å². The Balaban J connectivity index is 1.80. The van der Waals surface area contributed by atoms with E-state index in [9.17, 15) is 4.46 Å². The van der Waals surface area contributed by atoms with Crippen LogP contribution in [0.3, 0.4) is 0 Å². The molecule has 1 fully saturated rings. The van der Waals surface area contributed by atoms with E-state index in [4.69, 9.17) is 4.74 Å². The number of unbranched alkanes of at least 4 members (excludes halogenated alkanes) is 1. The van der Waals surface area contributed by atoms with Crippen molar-refractivity contribution in [2.75, 3.05) is 6.61 Å². The molecule has 1 aliphatic heterocycles. The monoisotopic (exact) mass is 158 g/mol. The van der Waals surface area contributed by atoms with Crippen LogP contribution in [-0.2, 0) is 9.20 Å². The van der Waals surface area contributed by atoms with Crippen molar-refractivity contribution >= 4 is 8.68 Å². The molecule has 10 heavy (non-hydrogen) atoms. The van der Waals surface area contributed by atoms with E-state index in [2.05, 4.69) is 0 Å². The van der Waals surface area contributed by atoms with E-state index < -0.39 is 8.68 Å². The smallest absolute Gasteiger partial charge is 0.273 e. The lowest BCUT2D eigenvalue weighted by atomic mass is 10.2. The first kappa shape index (κ1) is 8.08. The molecule has 3 heteroatoms. The van der Waals surface area contributed by atoms with Crippen molar-refractivity contribution in [3.05, 3.63) is 0 Å². The molecule has 0 N–H and O–H groups in total. The van der Waals surface area contributed by atoms with Gasteiger partial charge in [-0.15, -0.1) is 0 Å². The van der Waals surface area contributed by atoms with Gasteiger partial charge in [0.25, 0.3) is 8.68 Å². The highest BCUT2D eigenvalue weighted by molar-refractivity contribution is 6.40. The number of hydrogen-bond donors (Lipinski definition) is 0. The lowest BCUT2D eigenvalue weighted by Gasteiger charge is -1.92. The number of ether oxygens (including phenoxy) is 1. The summed E-state index contributed by atoms with van der Waals surface area (Å²) in [7, 11) is -1.20. The third-order valence-corrected chi connectivity index (χ3v) is 2.76. The molecule has 0 aromatic rings. The Morgan fingerprint density at radius 2 is 2.30 bits per heavy atom. The lowest BCUT2D eigenvalue weighted by Crippen LogP contribution is -1.92. The minimum absolute atomic E-state index is 0.555. The van der Waals surface area contributed by atoms with E-state index in [1.807, 2.05) is 6.55 Å². The largest absolute Gasteiger partial charge is 0.389 e. The quantitative estimate of drug-likeness (QED) is 0.345. The first-order chi connectivity index (χ1) is 4.79. The molecule has 0 aromatic carbocycles. The first-order valence-electron chi connectivity index (χ1n) is 3.90. The van der Waals surface area contributed by atoms with Crippen LogP contribution in [0, 0.1) is 0 Å². The summed E-state index contributed by atoms with van der Waals surface area (Å²) in [6.45, 7) is 2.79. The maximum Gasteiger partial charge on any atom is 0.273 e. The fourth-order valence-electron chi connectivity index (χ4n) is 0.981. The van der Waals surface area contributed by atoms with Gasteiger partial charge in [0.2, 0.25) is 0 Å². The Hall–Kier alpha value is -0.0231. The van der Waals surface area contributed by atoms with Gasteiger partial charge in [0.15, 0.2) is 0 Å². The molecule has 0 aromatic heterocycles. The highest BCUT2D eigenvalue weighted by atomic mass is 28.3. The van der Waals surface area contributed by atoms with E-state index in [1.54, 1.807) is 0 Å². The summed E-state index contributed by atoms with van der Waals surface area (Å²) < 4.78 is 15.7. The summed E-state index contributed by atoms with van der Waals surface area (Å²) in [4.78, 5) is 0. The molecule has 0 saturated carbocycles. The highest BCUT2D eigenvalue weighted by Crippen LogP contribution is 2.17. The molecule has 0 bridgehead atoms. The zero-order chi connectivity index (χ0) is 7.40. The van der Waals surface area contributed by atoms with Gasteiger partial charge in [-0.3, -0.25) is 0 Å². The molecule has 58 valence electrons. The normalized spacial score (nSPS) is 22.7. The third kappa shape index (κ3) is 3.90. The number of epoxide rings is 1.